The number of carbonyl (C=O) groups excluding carboxylic acids is 3. The maximum atomic E-state index is 13.4. The van der Waals surface area contributed by atoms with Crippen LogP contribution in [0.2, 0.25) is 0 Å². The van der Waals surface area contributed by atoms with Gasteiger partial charge in [0, 0.05) is 63.5 Å². The molecule has 0 radical (unpaired) electrons. The first-order valence-electron chi connectivity index (χ1n) is 13.8. The van der Waals surface area contributed by atoms with Crippen molar-refractivity contribution in [1.82, 2.24) is 15.1 Å². The van der Waals surface area contributed by atoms with Crippen LogP contribution in [0.4, 0.5) is 15.8 Å². The summed E-state index contributed by atoms with van der Waals surface area (Å²) in [6, 6.07) is 18.2. The number of nitrogens with one attached hydrogen (secondary N) is 2. The number of halogens is 1. The zero-order valence-corrected chi connectivity index (χ0v) is 23.1. The van der Waals surface area contributed by atoms with Crippen molar-refractivity contribution in [2.45, 2.75) is 6.42 Å². The number of piperazine rings is 2. The van der Waals surface area contributed by atoms with Gasteiger partial charge in [0.1, 0.15) is 11.6 Å². The molecular weight excluding hydrogens is 525 g/mol. The van der Waals surface area contributed by atoms with Gasteiger partial charge in [-0.15, -0.1) is 0 Å². The van der Waals surface area contributed by atoms with E-state index >= 15 is 0 Å². The zero-order valence-electron chi connectivity index (χ0n) is 23.1. The minimum Gasteiger partial charge on any atom is -0.497 e. The average molecular weight is 560 g/mol. The molecule has 9 nitrogen and oxygen atoms in total. The van der Waals surface area contributed by atoms with Gasteiger partial charge in [-0.25, -0.2) is 4.39 Å². The van der Waals surface area contributed by atoms with E-state index in [1.165, 1.54) is 24.3 Å². The molecule has 2 aliphatic rings. The highest BCUT2D eigenvalue weighted by atomic mass is 19.1. The first-order chi connectivity index (χ1) is 19.9. The number of carbonyl (C=O) groups is 3. The standard InChI is InChI=1S/C31H34FN5O4/c1-41-26-9-2-22(3-10-26)20-29(38)36-18-16-35(17-19-36)28-11-6-24(31(40)37-14-12-33-13-15-37)21-27(28)34-30(39)23-4-7-25(32)8-5-23/h2-11,21,33H,12-20H2,1H3,(H,34,39). The molecular formula is C31H34FN5O4. The number of ether oxygens (including phenoxy) is 1. The SMILES string of the molecule is COc1ccc(CC(=O)N2CCN(c3ccc(C(=O)N4CCNCC4)cc3NC(=O)c3ccc(F)cc3)CC2)cc1. The minimum absolute atomic E-state index is 0.0524. The molecule has 0 bridgehead atoms. The van der Waals surface area contributed by atoms with Gasteiger partial charge < -0.3 is 30.1 Å². The second-order valence-corrected chi connectivity index (χ2v) is 10.1. The predicted molar refractivity (Wildman–Crippen MR) is 155 cm³/mol. The van der Waals surface area contributed by atoms with Gasteiger partial charge in [0.25, 0.3) is 11.8 Å². The summed E-state index contributed by atoms with van der Waals surface area (Å²) in [5.41, 5.74) is 2.98. The third kappa shape index (κ3) is 6.83. The fourth-order valence-corrected chi connectivity index (χ4v) is 5.12. The number of amides is 3. The quantitative estimate of drug-likeness (QED) is 0.462. The summed E-state index contributed by atoms with van der Waals surface area (Å²) >= 11 is 0. The van der Waals surface area contributed by atoms with E-state index in [0.717, 1.165) is 30.1 Å². The van der Waals surface area contributed by atoms with E-state index in [1.54, 1.807) is 24.1 Å². The summed E-state index contributed by atoms with van der Waals surface area (Å²) in [5.74, 6) is -0.115. The highest BCUT2D eigenvalue weighted by Gasteiger charge is 2.25. The second kappa shape index (κ2) is 12.8. The number of hydrogen-bond acceptors (Lipinski definition) is 6. The Kier molecular flexibility index (Phi) is 8.79. The molecule has 3 aromatic carbocycles. The Labute approximate surface area is 238 Å². The number of rotatable bonds is 7. The highest BCUT2D eigenvalue weighted by molar-refractivity contribution is 6.07. The molecule has 0 atom stereocenters. The molecule has 0 aliphatic carbocycles. The highest BCUT2D eigenvalue weighted by Crippen LogP contribution is 2.30. The monoisotopic (exact) mass is 559 g/mol. The molecule has 0 spiro atoms. The molecule has 3 aromatic rings. The Morgan fingerprint density at radius 3 is 2.15 bits per heavy atom. The number of hydrogen-bond donors (Lipinski definition) is 2. The lowest BCUT2D eigenvalue weighted by Crippen LogP contribution is -2.49. The average Bonchev–Trinajstić information content (AvgIpc) is 3.02. The van der Waals surface area contributed by atoms with E-state index in [0.29, 0.717) is 62.5 Å². The molecule has 3 amide bonds. The fourth-order valence-electron chi connectivity index (χ4n) is 5.12. The van der Waals surface area contributed by atoms with Crippen LogP contribution >= 0.6 is 0 Å². The molecule has 214 valence electrons. The van der Waals surface area contributed by atoms with E-state index in [4.69, 9.17) is 4.74 Å². The van der Waals surface area contributed by atoms with Gasteiger partial charge in [-0.1, -0.05) is 12.1 Å². The van der Waals surface area contributed by atoms with Crippen molar-refractivity contribution in [2.24, 2.45) is 0 Å². The summed E-state index contributed by atoms with van der Waals surface area (Å²) in [7, 11) is 1.61. The Hall–Kier alpha value is -4.44. The number of nitrogens with zero attached hydrogens (tertiary/aromatic N) is 3. The van der Waals surface area contributed by atoms with Crippen LogP contribution in [0.5, 0.6) is 5.75 Å². The fraction of sp³-hybridized carbons (Fsp3) is 0.323. The van der Waals surface area contributed by atoms with E-state index in [2.05, 4.69) is 15.5 Å². The first-order valence-corrected chi connectivity index (χ1v) is 13.8. The van der Waals surface area contributed by atoms with Crippen LogP contribution in [0.3, 0.4) is 0 Å². The lowest BCUT2D eigenvalue weighted by Gasteiger charge is -2.37. The van der Waals surface area contributed by atoms with E-state index in [1.807, 2.05) is 35.2 Å². The van der Waals surface area contributed by atoms with Gasteiger partial charge in [-0.3, -0.25) is 14.4 Å². The van der Waals surface area contributed by atoms with Crippen molar-refractivity contribution >= 4 is 29.1 Å². The molecule has 0 aromatic heterocycles. The summed E-state index contributed by atoms with van der Waals surface area (Å²) in [6.45, 7) is 4.90. The van der Waals surface area contributed by atoms with Crippen LogP contribution < -0.4 is 20.3 Å². The Balaban J connectivity index is 1.31. The smallest absolute Gasteiger partial charge is 0.255 e. The van der Waals surface area contributed by atoms with Crippen LogP contribution in [0.25, 0.3) is 0 Å². The maximum absolute atomic E-state index is 13.4. The molecule has 2 aliphatic heterocycles. The molecule has 2 heterocycles. The van der Waals surface area contributed by atoms with Crippen LogP contribution in [0.1, 0.15) is 26.3 Å². The molecule has 41 heavy (non-hydrogen) atoms. The first kappa shape index (κ1) is 28.1. The van der Waals surface area contributed by atoms with E-state index < -0.39 is 11.7 Å². The molecule has 5 rings (SSSR count). The van der Waals surface area contributed by atoms with Gasteiger partial charge >= 0.3 is 0 Å². The maximum Gasteiger partial charge on any atom is 0.255 e. The largest absolute Gasteiger partial charge is 0.497 e. The van der Waals surface area contributed by atoms with Gasteiger partial charge in [-0.2, -0.15) is 0 Å². The second-order valence-electron chi connectivity index (χ2n) is 10.1. The van der Waals surface area contributed by atoms with Crippen molar-refractivity contribution in [3.05, 3.63) is 89.2 Å². The third-order valence-corrected chi connectivity index (χ3v) is 7.49. The summed E-state index contributed by atoms with van der Waals surface area (Å²) in [4.78, 5) is 45.0. The number of methoxy groups -OCH3 is 1. The van der Waals surface area contributed by atoms with Gasteiger partial charge in [0.2, 0.25) is 5.91 Å². The Bertz CT molecular complexity index is 1380. The van der Waals surface area contributed by atoms with Crippen LogP contribution in [-0.4, -0.2) is 87.0 Å². The van der Waals surface area contributed by atoms with Crippen molar-refractivity contribution < 1.29 is 23.5 Å². The molecule has 0 saturated carbocycles. The lowest BCUT2D eigenvalue weighted by atomic mass is 10.1. The van der Waals surface area contributed by atoms with Crippen LogP contribution in [0, 0.1) is 5.82 Å². The zero-order chi connectivity index (χ0) is 28.8. The minimum atomic E-state index is -0.426. The lowest BCUT2D eigenvalue weighted by molar-refractivity contribution is -0.130. The van der Waals surface area contributed by atoms with Crippen LogP contribution in [-0.2, 0) is 11.2 Å². The Morgan fingerprint density at radius 2 is 1.49 bits per heavy atom. The number of benzene rings is 3. The van der Waals surface area contributed by atoms with Gasteiger partial charge in [-0.05, 0) is 60.2 Å². The van der Waals surface area contributed by atoms with Crippen molar-refractivity contribution in [1.29, 1.82) is 0 Å². The van der Waals surface area contributed by atoms with Crippen molar-refractivity contribution in [2.75, 3.05) is 69.7 Å². The third-order valence-electron chi connectivity index (χ3n) is 7.49. The van der Waals surface area contributed by atoms with E-state index in [-0.39, 0.29) is 11.8 Å². The Morgan fingerprint density at radius 1 is 0.829 bits per heavy atom. The normalized spacial score (nSPS) is 15.4. The van der Waals surface area contributed by atoms with Crippen LogP contribution in [0.15, 0.2) is 66.7 Å². The van der Waals surface area contributed by atoms with E-state index in [9.17, 15) is 18.8 Å². The van der Waals surface area contributed by atoms with Crippen molar-refractivity contribution in [3.63, 3.8) is 0 Å². The van der Waals surface area contributed by atoms with Gasteiger partial charge in [0.15, 0.2) is 0 Å². The summed E-state index contributed by atoms with van der Waals surface area (Å²) in [5, 5.41) is 6.19. The molecule has 2 fully saturated rings. The molecule has 2 saturated heterocycles. The van der Waals surface area contributed by atoms with Gasteiger partial charge in [0.05, 0.1) is 24.9 Å². The summed E-state index contributed by atoms with van der Waals surface area (Å²) in [6.07, 6.45) is 0.311. The molecule has 0 unspecified atom stereocenters. The van der Waals surface area contributed by atoms with Crippen molar-refractivity contribution in [3.8, 4) is 5.75 Å². The molecule has 2 N–H and O–H groups in total. The summed E-state index contributed by atoms with van der Waals surface area (Å²) < 4.78 is 18.6. The molecule has 10 heteroatoms. The topological polar surface area (TPSA) is 94.2 Å². The predicted octanol–water partition coefficient (Wildman–Crippen LogP) is 3.02. The number of anilines is 2.